The maximum atomic E-state index is 7.80. The van der Waals surface area contributed by atoms with Crippen molar-refractivity contribution in [2.45, 2.75) is 0 Å². The fourth-order valence-corrected chi connectivity index (χ4v) is 0. The molecule has 0 aromatic rings. The lowest BCUT2D eigenvalue weighted by molar-refractivity contribution is 1.57. The highest BCUT2D eigenvalue weighted by molar-refractivity contribution is 8.10. The third kappa shape index (κ3) is 3.62. The van der Waals surface area contributed by atoms with Gasteiger partial charge >= 0.3 is 0 Å². The number of thiol groups is 1. The molecule has 0 heterocycles. The summed E-state index contributed by atoms with van der Waals surface area (Å²) in [6.45, 7) is 0. The molecule has 0 radical (unpaired) electrons. The van der Waals surface area contributed by atoms with Crippen LogP contribution in [0.2, 0.25) is 0 Å². The zero-order valence-corrected chi connectivity index (χ0v) is 3.87. The Morgan fingerprint density at radius 1 is 2.00 bits per heavy atom. The van der Waals surface area contributed by atoms with E-state index in [2.05, 4.69) is 0 Å². The molecule has 0 spiro atoms. The number of hydrogen-bond acceptors (Lipinski definition) is 1. The Balaban J connectivity index is 3.52. The molecule has 0 amide bonds. The molecular weight excluding hydrogens is 82.1 g/mol. The van der Waals surface area contributed by atoms with E-state index in [4.69, 9.17) is 10.9 Å². The van der Waals surface area contributed by atoms with Gasteiger partial charge in [0.05, 0.1) is 0 Å². The Labute approximate surface area is 33.8 Å². The Morgan fingerprint density at radius 2 is 2.20 bits per heavy atom. The molecule has 28 valence electrons. The van der Waals surface area contributed by atoms with Gasteiger partial charge in [-0.25, -0.2) is 0 Å². The van der Waals surface area contributed by atoms with E-state index in [1.807, 2.05) is 5.40 Å². The van der Waals surface area contributed by atoms with Crippen LogP contribution in [0.3, 0.4) is 0 Å². The van der Waals surface area contributed by atoms with E-state index in [0.717, 1.165) is 0 Å². The molecule has 2 heteroatoms. The SMILES string of the molecule is C#[SH](C)C#N. The molecule has 0 saturated carbocycles. The summed E-state index contributed by atoms with van der Waals surface area (Å²) < 4.78 is 0. The van der Waals surface area contributed by atoms with E-state index in [1.54, 1.807) is 6.26 Å². The first-order chi connectivity index (χ1) is 2.27. The normalized spacial score (nSPS) is 12.6. The fourth-order valence-electron chi connectivity index (χ4n) is 0. The fraction of sp³-hybridized carbons (Fsp3) is 0.333. The summed E-state index contributed by atoms with van der Waals surface area (Å²) in [7, 11) is -0.793. The Bertz CT molecular complexity index is 111. The van der Waals surface area contributed by atoms with Gasteiger partial charge in [-0.3, -0.25) is 0 Å². The van der Waals surface area contributed by atoms with Gasteiger partial charge in [0, 0.05) is 0 Å². The molecule has 1 atom stereocenters. The number of hydrogen-bond donors (Lipinski definition) is 1. The standard InChI is InChI=1S/C3H5NS/c1-5(2)3-4/h1,5H,2H3. The van der Waals surface area contributed by atoms with Crippen LogP contribution in [-0.2, 0) is 0 Å². The smallest absolute Gasteiger partial charge is 0.120 e. The van der Waals surface area contributed by atoms with Crippen LogP contribution in [0.4, 0.5) is 0 Å². The average molecular weight is 87.1 g/mol. The second-order valence-electron chi connectivity index (χ2n) is 0.711. The second-order valence-corrected chi connectivity index (χ2v) is 2.13. The molecule has 0 fully saturated rings. The molecule has 1 unspecified atom stereocenters. The lowest BCUT2D eigenvalue weighted by atomic mass is 11.8. The topological polar surface area (TPSA) is 23.8 Å². The number of rotatable bonds is 0. The van der Waals surface area contributed by atoms with Crippen LogP contribution in [0.1, 0.15) is 0 Å². The van der Waals surface area contributed by atoms with Crippen LogP contribution in [0.15, 0.2) is 0 Å². The van der Waals surface area contributed by atoms with Crippen LogP contribution >= 0.6 is 10.3 Å². The summed E-state index contributed by atoms with van der Waals surface area (Å²) in [5, 5.41) is 9.67. The highest BCUT2D eigenvalue weighted by Crippen LogP contribution is 1.89. The second kappa shape index (κ2) is 1.90. The van der Waals surface area contributed by atoms with Gasteiger partial charge in [0.2, 0.25) is 0 Å². The molecule has 5 heavy (non-hydrogen) atoms. The molecule has 0 aromatic heterocycles. The van der Waals surface area contributed by atoms with Gasteiger partial charge in [-0.15, -0.1) is 16.0 Å². The molecule has 0 bridgehead atoms. The van der Waals surface area contributed by atoms with Gasteiger partial charge in [0.1, 0.15) is 5.40 Å². The highest BCUT2D eigenvalue weighted by atomic mass is 32.2. The third-order valence-corrected chi connectivity index (χ3v) is 0.473. The van der Waals surface area contributed by atoms with Crippen LogP contribution in [0.25, 0.3) is 0 Å². The van der Waals surface area contributed by atoms with E-state index in [1.165, 1.54) is 0 Å². The van der Waals surface area contributed by atoms with Crippen molar-refractivity contribution in [3.63, 3.8) is 0 Å². The van der Waals surface area contributed by atoms with Crippen LogP contribution < -0.4 is 0 Å². The molecule has 0 aliphatic carbocycles. The van der Waals surface area contributed by atoms with Crippen molar-refractivity contribution in [1.29, 1.82) is 5.26 Å². The third-order valence-electron chi connectivity index (χ3n) is 0.158. The van der Waals surface area contributed by atoms with Gasteiger partial charge in [-0.1, -0.05) is 0 Å². The van der Waals surface area contributed by atoms with E-state index < -0.39 is 10.3 Å². The van der Waals surface area contributed by atoms with Gasteiger partial charge < -0.3 is 0 Å². The summed E-state index contributed by atoms with van der Waals surface area (Å²) in [4.78, 5) is 0. The van der Waals surface area contributed by atoms with Crippen molar-refractivity contribution in [3.8, 4) is 11.1 Å². The minimum atomic E-state index is -0.793. The van der Waals surface area contributed by atoms with Crippen molar-refractivity contribution in [2.75, 3.05) is 6.26 Å². The summed E-state index contributed by atoms with van der Waals surface area (Å²) in [6.07, 6.45) is 1.70. The quantitative estimate of drug-likeness (QED) is 0.341. The van der Waals surface area contributed by atoms with Gasteiger partial charge in [-0.05, 0) is 6.26 Å². The van der Waals surface area contributed by atoms with Crippen LogP contribution in [-0.4, -0.2) is 6.26 Å². The maximum Gasteiger partial charge on any atom is 0.120 e. The van der Waals surface area contributed by atoms with Crippen molar-refractivity contribution in [1.82, 2.24) is 0 Å². The first kappa shape index (κ1) is 4.62. The predicted molar refractivity (Wildman–Crippen MR) is 25.5 cm³/mol. The lowest BCUT2D eigenvalue weighted by Crippen LogP contribution is -1.36. The van der Waals surface area contributed by atoms with Crippen molar-refractivity contribution >= 4 is 10.3 Å². The summed E-state index contributed by atoms with van der Waals surface area (Å²) in [5.41, 5.74) is 5.00. The van der Waals surface area contributed by atoms with Gasteiger partial charge in [0.25, 0.3) is 0 Å². The van der Waals surface area contributed by atoms with Gasteiger partial charge in [0.15, 0.2) is 0 Å². The monoisotopic (exact) mass is 87.0 g/mol. The first-order valence-corrected chi connectivity index (χ1v) is 3.01. The minimum absolute atomic E-state index is 0.793. The lowest BCUT2D eigenvalue weighted by Gasteiger charge is -1.62. The molecule has 0 aliphatic heterocycles. The predicted octanol–water partition coefficient (Wildman–Crippen LogP) is 0.687. The van der Waals surface area contributed by atoms with Crippen LogP contribution in [0.5, 0.6) is 0 Å². The zero-order chi connectivity index (χ0) is 4.28. The zero-order valence-electron chi connectivity index (χ0n) is 2.97. The number of nitriles is 1. The molecule has 1 nitrogen and oxygen atoms in total. The molecule has 0 saturated heterocycles. The minimum Gasteiger partial charge on any atom is -0.186 e. The molecular formula is C3H5NS. The summed E-state index contributed by atoms with van der Waals surface area (Å²) in [6, 6.07) is 0. The maximum absolute atomic E-state index is 7.80. The molecule has 0 rings (SSSR count). The first-order valence-electron chi connectivity index (χ1n) is 1.15. The van der Waals surface area contributed by atoms with E-state index >= 15 is 0 Å². The number of nitrogens with zero attached hydrogens (tertiary/aromatic N) is 1. The van der Waals surface area contributed by atoms with Crippen LogP contribution in [0, 0.1) is 16.4 Å². The van der Waals surface area contributed by atoms with Gasteiger partial charge in [-0.2, -0.15) is 5.26 Å². The average Bonchev–Trinajstić information content (AvgIpc) is 1.38. The van der Waals surface area contributed by atoms with E-state index in [0.29, 0.717) is 0 Å². The summed E-state index contributed by atoms with van der Waals surface area (Å²) >= 11 is 0. The summed E-state index contributed by atoms with van der Waals surface area (Å²) in [5.74, 6) is 0. The van der Waals surface area contributed by atoms with Crippen molar-refractivity contribution < 1.29 is 0 Å². The highest BCUT2D eigenvalue weighted by Gasteiger charge is 1.54. The van der Waals surface area contributed by atoms with Crippen molar-refractivity contribution in [2.24, 2.45) is 0 Å². The number of thiocyanates is 1. The Kier molecular flexibility index (Phi) is 1.75. The van der Waals surface area contributed by atoms with Crippen molar-refractivity contribution in [3.05, 3.63) is 0 Å². The molecule has 0 aromatic carbocycles. The molecule has 0 aliphatic rings. The van der Waals surface area contributed by atoms with E-state index in [9.17, 15) is 0 Å². The van der Waals surface area contributed by atoms with E-state index in [-0.39, 0.29) is 0 Å². The Morgan fingerprint density at radius 3 is 2.20 bits per heavy atom. The Hall–Kier alpha value is -0.380. The largest absolute Gasteiger partial charge is 0.186 e. The molecule has 0 N–H and O–H groups in total.